The van der Waals surface area contributed by atoms with Crippen molar-refractivity contribution in [2.24, 2.45) is 17.2 Å². The molecule has 0 saturated heterocycles. The van der Waals surface area contributed by atoms with Crippen molar-refractivity contribution < 1.29 is 28.6 Å². The second-order valence-electron chi connectivity index (χ2n) is 19.3. The van der Waals surface area contributed by atoms with Gasteiger partial charge < -0.3 is 84.6 Å². The Balaban J connectivity index is -0.00000106. The average molecular weight is 1490 g/mol. The largest absolute Gasteiger partial charge is 0.444 e. The van der Waals surface area contributed by atoms with E-state index in [2.05, 4.69) is 146 Å². The summed E-state index contributed by atoms with van der Waals surface area (Å²) in [5.41, 5.74) is 13.6. The number of thiol groups is 1. The van der Waals surface area contributed by atoms with Gasteiger partial charge in [0.1, 0.15) is 16.8 Å². The molecule has 5 heterocycles. The molecule has 34 nitrogen and oxygen atoms in total. The summed E-state index contributed by atoms with van der Waals surface area (Å²) in [7, 11) is 1.50. The number of nitrogens with one attached hydrogen (secondary N) is 10. The third-order valence-electron chi connectivity index (χ3n) is 8.07. The minimum Gasteiger partial charge on any atom is -0.444 e. The van der Waals surface area contributed by atoms with Crippen LogP contribution < -0.4 is 70.4 Å². The van der Waals surface area contributed by atoms with Crippen LogP contribution >= 0.6 is 106 Å². The molecule has 0 spiro atoms. The van der Waals surface area contributed by atoms with Crippen LogP contribution in [-0.4, -0.2) is 214 Å². The highest BCUT2D eigenvalue weighted by molar-refractivity contribution is 7.98. The van der Waals surface area contributed by atoms with Gasteiger partial charge in [-0.05, 0) is 185 Å². The Hall–Kier alpha value is -5.87. The number of amides is 3. The zero-order valence-electron chi connectivity index (χ0n) is 55.4. The number of alkyl carbamates (subject to hydrolysis) is 3. The molecular weight excluding hydrogens is 1400 g/mol. The van der Waals surface area contributed by atoms with E-state index >= 15 is 0 Å². The smallest absolute Gasteiger partial charge is 0.407 e. The first-order chi connectivity index (χ1) is 43.8. The standard InChI is InChI=1S/C13H24N6O2S.C12H21ClN6O2.C8H16N6S.C7H16N2O2.C5H6Cl2N4.C3Cl3N3.CH5N.CH4S/c1-6-14-9-17-10(19-11(18-9)22-5)15-7-8-16-12(20)21-13(2,3)4;1-5-14-9-17-8(13)18-10(19-9)15-6-7-16-11(20)21-12(2,3)4;1-3-10-6-12-7(11-5-4-9)14-8(13-6)15-2;1-7(2,3)11-6(10)9-5-4-8;1-2-8-5-10-3(6)9-4(7)11-5;4-1-7-2(5)9-3(6)8-1;2*1-2/h6-8H2,1-5H3,(H,16,20)(H2,14,15,17,18,19);5-7H2,1-4H3,(H,16,20)(H2,14,15,17,18,19);3-5,9H2,1-2H3,(H2,10,11,12,13,14);4-5,8H2,1-3H3,(H,9,10);2H2,1H3,(H,8,9,10,11);;2H2,1H3;2H,1H3. The second-order valence-corrected chi connectivity index (χ2v) is 22.9. The van der Waals surface area contributed by atoms with Gasteiger partial charge in [0, 0.05) is 78.5 Å². The normalized spacial score (nSPS) is 10.2. The Morgan fingerprint density at radius 3 is 0.839 bits per heavy atom. The number of carbonyl (C=O) groups excluding carboxylic acids is 3. The van der Waals surface area contributed by atoms with Crippen molar-refractivity contribution in [3.05, 3.63) is 31.7 Å². The lowest BCUT2D eigenvalue weighted by Crippen LogP contribution is -2.35. The SMILES string of the molecule is CC(C)(C)OC(=O)NCCN.CCNc1nc(Cl)nc(Cl)n1.CCNc1nc(Cl)nc(NCCNC(=O)OC(C)(C)C)n1.CCNc1nc(NCCN)nc(SC)n1.CCNc1nc(NCCNC(=O)OC(C)(C)C)nc(SC)n1.CN.CS.Clc1nc(Cl)nc(Cl)n1. The molecule has 0 fully saturated rings. The maximum atomic E-state index is 11.5. The number of carbonyl (C=O) groups is 3. The summed E-state index contributed by atoms with van der Waals surface area (Å²) in [5, 5.41) is 30.3. The Kier molecular flexibility index (Phi) is 52.4. The molecule has 93 heavy (non-hydrogen) atoms. The third-order valence-corrected chi connectivity index (χ3v) is 10.2. The number of thioether (sulfide) groups is 2. The quantitative estimate of drug-likeness (QED) is 0.0126. The van der Waals surface area contributed by atoms with Crippen LogP contribution in [-0.2, 0) is 14.2 Å². The molecule has 5 rings (SSSR count). The van der Waals surface area contributed by atoms with E-state index in [1.807, 2.05) is 81.7 Å². The van der Waals surface area contributed by atoms with E-state index in [4.69, 9.17) is 95.3 Å². The van der Waals surface area contributed by atoms with Crippen molar-refractivity contribution in [1.29, 1.82) is 0 Å². The number of hydrogen-bond donors (Lipinski definition) is 14. The van der Waals surface area contributed by atoms with Crippen LogP contribution in [0.1, 0.15) is 90.0 Å². The van der Waals surface area contributed by atoms with E-state index in [-0.39, 0.29) is 31.7 Å². The molecule has 0 radical (unpaired) electrons. The predicted molar refractivity (Wildman–Crippen MR) is 381 cm³/mol. The van der Waals surface area contributed by atoms with Crippen molar-refractivity contribution in [1.82, 2.24) is 90.7 Å². The third kappa shape index (κ3) is 53.1. The van der Waals surface area contributed by atoms with Crippen molar-refractivity contribution in [2.45, 2.75) is 117 Å². The summed E-state index contributed by atoms with van der Waals surface area (Å²) in [5.74, 6) is 3.31. The van der Waals surface area contributed by atoms with E-state index < -0.39 is 35.1 Å². The molecule has 0 saturated carbocycles. The van der Waals surface area contributed by atoms with Crippen molar-refractivity contribution >= 4 is 166 Å². The molecular formula is C50H92Cl6N28O6S3. The van der Waals surface area contributed by atoms with Crippen LogP contribution in [0.15, 0.2) is 10.3 Å². The molecule has 0 atom stereocenters. The summed E-state index contributed by atoms with van der Waals surface area (Å²) in [4.78, 5) is 92.6. The molecule has 43 heteroatoms. The van der Waals surface area contributed by atoms with E-state index in [1.54, 1.807) is 27.0 Å². The maximum Gasteiger partial charge on any atom is 0.407 e. The number of halogens is 6. The molecule has 528 valence electrons. The van der Waals surface area contributed by atoms with Gasteiger partial charge in [-0.2, -0.15) is 87.4 Å². The van der Waals surface area contributed by atoms with Crippen molar-refractivity contribution in [2.75, 3.05) is 142 Å². The van der Waals surface area contributed by atoms with Crippen LogP contribution in [0.2, 0.25) is 31.7 Å². The van der Waals surface area contributed by atoms with E-state index in [0.717, 1.165) is 19.6 Å². The lowest BCUT2D eigenvalue weighted by atomic mass is 10.2. The lowest BCUT2D eigenvalue weighted by Gasteiger charge is -2.19. The average Bonchev–Trinajstić information content (AvgIpc) is 1.18. The maximum absolute atomic E-state index is 11.5. The first-order valence-electron chi connectivity index (χ1n) is 28.1. The van der Waals surface area contributed by atoms with Gasteiger partial charge in [-0.3, -0.25) is 0 Å². The monoisotopic (exact) mass is 1490 g/mol. The fraction of sp³-hybridized carbons (Fsp3) is 0.640. The van der Waals surface area contributed by atoms with Gasteiger partial charge in [0.15, 0.2) is 10.3 Å². The van der Waals surface area contributed by atoms with Crippen LogP contribution in [0.5, 0.6) is 0 Å². The van der Waals surface area contributed by atoms with Crippen molar-refractivity contribution in [3.63, 3.8) is 0 Å². The Labute approximate surface area is 588 Å². The van der Waals surface area contributed by atoms with E-state index in [0.29, 0.717) is 111 Å². The summed E-state index contributed by atoms with van der Waals surface area (Å²) >= 11 is 39.2. The summed E-state index contributed by atoms with van der Waals surface area (Å²) < 4.78 is 15.2. The number of rotatable bonds is 23. The summed E-state index contributed by atoms with van der Waals surface area (Å²) in [6.45, 7) is 30.9. The van der Waals surface area contributed by atoms with Gasteiger partial charge >= 0.3 is 18.3 Å². The first-order valence-corrected chi connectivity index (χ1v) is 33.7. The minimum atomic E-state index is -0.514. The molecule has 3 amide bonds. The number of nitrogens with zero attached hydrogens (tertiary/aromatic N) is 15. The van der Waals surface area contributed by atoms with Gasteiger partial charge in [-0.25, -0.2) is 14.4 Å². The van der Waals surface area contributed by atoms with Crippen LogP contribution in [0.3, 0.4) is 0 Å². The number of aromatic nitrogens is 15. The van der Waals surface area contributed by atoms with Crippen molar-refractivity contribution in [3.8, 4) is 0 Å². The van der Waals surface area contributed by atoms with E-state index in [1.165, 1.54) is 30.6 Å². The molecule has 0 aliphatic rings. The highest BCUT2D eigenvalue weighted by Crippen LogP contribution is 2.16. The number of ether oxygens (including phenoxy) is 3. The summed E-state index contributed by atoms with van der Waals surface area (Å²) in [6, 6.07) is 0. The molecule has 5 aromatic heterocycles. The van der Waals surface area contributed by atoms with Gasteiger partial charge in [-0.15, -0.1) is 0 Å². The lowest BCUT2D eigenvalue weighted by molar-refractivity contribution is 0.0518. The Morgan fingerprint density at radius 1 is 0.366 bits per heavy atom. The molecule has 0 aromatic carbocycles. The van der Waals surface area contributed by atoms with Crippen LogP contribution in [0, 0.1) is 0 Å². The molecule has 5 aromatic rings. The van der Waals surface area contributed by atoms with Gasteiger partial charge in [0.25, 0.3) is 0 Å². The Bertz CT molecular complexity index is 2770. The van der Waals surface area contributed by atoms with E-state index in [9.17, 15) is 14.4 Å². The number of nitrogens with two attached hydrogens (primary N) is 3. The highest BCUT2D eigenvalue weighted by atomic mass is 35.5. The topological polar surface area (TPSA) is 471 Å². The molecule has 0 aliphatic carbocycles. The van der Waals surface area contributed by atoms with Gasteiger partial charge in [0.05, 0.1) is 0 Å². The fourth-order valence-corrected chi connectivity index (χ4v) is 6.88. The van der Waals surface area contributed by atoms with Gasteiger partial charge in [0.2, 0.25) is 73.3 Å². The Morgan fingerprint density at radius 2 is 0.581 bits per heavy atom. The van der Waals surface area contributed by atoms with Crippen LogP contribution in [0.25, 0.3) is 0 Å². The number of hydrogen-bond acceptors (Lipinski definition) is 34. The number of anilines is 7. The predicted octanol–water partition coefficient (Wildman–Crippen LogP) is 8.28. The van der Waals surface area contributed by atoms with Gasteiger partial charge in [-0.1, -0.05) is 23.5 Å². The fourth-order valence-electron chi connectivity index (χ4n) is 5.04. The molecule has 0 bridgehead atoms. The second kappa shape index (κ2) is 53.4. The highest BCUT2D eigenvalue weighted by Gasteiger charge is 2.18. The minimum absolute atomic E-state index is 0.000000000000000444. The molecule has 16 N–H and O–H groups in total. The first kappa shape index (κ1) is 91.3. The zero-order valence-corrected chi connectivity index (χ0v) is 62.5. The molecule has 0 aliphatic heterocycles. The molecule has 0 unspecified atom stereocenters. The van der Waals surface area contributed by atoms with Crippen LogP contribution in [0.4, 0.5) is 56.0 Å². The zero-order chi connectivity index (χ0) is 71.6. The summed E-state index contributed by atoms with van der Waals surface area (Å²) in [6.07, 6.45) is 4.20.